The van der Waals surface area contributed by atoms with E-state index in [4.69, 9.17) is 5.26 Å². The third kappa shape index (κ3) is 4.09. The number of sulfonamides is 1. The minimum Gasteiger partial charge on any atom is -0.350 e. The summed E-state index contributed by atoms with van der Waals surface area (Å²) in [5, 5.41) is 20.3. The largest absolute Gasteiger partial charge is 0.350 e. The van der Waals surface area contributed by atoms with Gasteiger partial charge in [0.05, 0.1) is 11.8 Å². The number of urea groups is 1. The number of fused-ring (bicyclic) bond motifs is 1. The molecule has 1 aromatic rings. The first-order valence-electron chi connectivity index (χ1n) is 9.37. The molecule has 2 aliphatic rings. The fourth-order valence-corrected chi connectivity index (χ4v) is 5.23. The van der Waals surface area contributed by atoms with E-state index in [0.29, 0.717) is 16.4 Å². The summed E-state index contributed by atoms with van der Waals surface area (Å²) in [5.74, 6) is -1.71. The van der Waals surface area contributed by atoms with Crippen molar-refractivity contribution in [2.75, 3.05) is 18.4 Å². The predicted octanol–water partition coefficient (Wildman–Crippen LogP) is 0.0171. The summed E-state index contributed by atoms with van der Waals surface area (Å²) in [6.07, 6.45) is 0. The Balaban J connectivity index is 1.72. The van der Waals surface area contributed by atoms with Gasteiger partial charge >= 0.3 is 6.03 Å². The van der Waals surface area contributed by atoms with E-state index < -0.39 is 45.3 Å². The van der Waals surface area contributed by atoms with Gasteiger partial charge in [0.2, 0.25) is 5.91 Å². The van der Waals surface area contributed by atoms with Crippen LogP contribution in [0.5, 0.6) is 0 Å². The van der Waals surface area contributed by atoms with Crippen molar-refractivity contribution in [3.05, 3.63) is 23.5 Å². The van der Waals surface area contributed by atoms with Crippen LogP contribution in [0.1, 0.15) is 19.4 Å². The standard InChI is InChI=1S/C18H23FN6O4S/c1-9-4-13(19)17-14(5-9)24-18(27)25(30(17,28)29)8-15(26)23-11(3)16-10(2)22-12(6-20)7-21-16/h4-5,10-12,16,21-22H,7-8H2,1-3H3,(H,23,26)(H,24,27)/t10?,11-,12?,16?/m0/s1. The van der Waals surface area contributed by atoms with Gasteiger partial charge in [-0.1, -0.05) is 0 Å². The van der Waals surface area contributed by atoms with Crippen LogP contribution in [-0.2, 0) is 14.8 Å². The molecule has 2 heterocycles. The van der Waals surface area contributed by atoms with Gasteiger partial charge in [-0.25, -0.2) is 21.9 Å². The number of carbonyl (C=O) groups is 2. The molecule has 2 aliphatic heterocycles. The molecular formula is C18H23FN6O4S. The van der Waals surface area contributed by atoms with Gasteiger partial charge in [0.15, 0.2) is 0 Å². The van der Waals surface area contributed by atoms with Gasteiger partial charge in [-0.15, -0.1) is 0 Å². The Labute approximate surface area is 173 Å². The maximum atomic E-state index is 14.3. The van der Waals surface area contributed by atoms with Crippen molar-refractivity contribution in [2.24, 2.45) is 0 Å². The molecule has 0 spiro atoms. The molecule has 4 atom stereocenters. The summed E-state index contributed by atoms with van der Waals surface area (Å²) >= 11 is 0. The third-order valence-corrected chi connectivity index (χ3v) is 6.94. The van der Waals surface area contributed by atoms with Crippen molar-refractivity contribution in [3.63, 3.8) is 0 Å². The molecule has 1 fully saturated rings. The van der Waals surface area contributed by atoms with Crippen LogP contribution in [0.25, 0.3) is 0 Å². The van der Waals surface area contributed by atoms with E-state index >= 15 is 0 Å². The molecule has 0 radical (unpaired) electrons. The number of hydrogen-bond donors (Lipinski definition) is 4. The zero-order valence-electron chi connectivity index (χ0n) is 16.7. The molecular weight excluding hydrogens is 415 g/mol. The molecule has 1 aromatic carbocycles. The average molecular weight is 438 g/mol. The Morgan fingerprint density at radius 1 is 1.47 bits per heavy atom. The van der Waals surface area contributed by atoms with Crippen molar-refractivity contribution >= 4 is 27.6 Å². The minimum absolute atomic E-state index is 0.134. The highest BCUT2D eigenvalue weighted by atomic mass is 32.2. The summed E-state index contributed by atoms with van der Waals surface area (Å²) in [6, 6.07) is 2.35. The van der Waals surface area contributed by atoms with Crippen molar-refractivity contribution in [1.82, 2.24) is 20.3 Å². The van der Waals surface area contributed by atoms with Gasteiger partial charge in [0.1, 0.15) is 23.3 Å². The number of amides is 3. The molecule has 0 saturated carbocycles. The predicted molar refractivity (Wildman–Crippen MR) is 105 cm³/mol. The molecule has 3 rings (SSSR count). The summed E-state index contributed by atoms with van der Waals surface area (Å²) in [6.45, 7) is 4.75. The fourth-order valence-electron chi connectivity index (χ4n) is 3.76. The van der Waals surface area contributed by atoms with Crippen molar-refractivity contribution < 1.29 is 22.4 Å². The lowest BCUT2D eigenvalue weighted by Crippen LogP contribution is -2.65. The van der Waals surface area contributed by atoms with Crippen LogP contribution < -0.4 is 21.3 Å². The highest BCUT2D eigenvalue weighted by Crippen LogP contribution is 2.33. The SMILES string of the molecule is Cc1cc(F)c2c(c1)NC(=O)N(CC(=O)N[C@@H](C)C1NCC(C#N)NC1C)S2(=O)=O. The Hall–Kier alpha value is -2.75. The first-order valence-corrected chi connectivity index (χ1v) is 10.8. The minimum atomic E-state index is -4.54. The number of anilines is 1. The topological polar surface area (TPSA) is 143 Å². The Morgan fingerprint density at radius 2 is 2.17 bits per heavy atom. The maximum absolute atomic E-state index is 14.3. The smallest absolute Gasteiger partial charge is 0.336 e. The highest BCUT2D eigenvalue weighted by molar-refractivity contribution is 7.90. The van der Waals surface area contributed by atoms with Crippen LogP contribution in [0.15, 0.2) is 17.0 Å². The number of halogens is 1. The van der Waals surface area contributed by atoms with E-state index in [0.717, 1.165) is 6.07 Å². The Kier molecular flexibility index (Phi) is 5.98. The third-order valence-electron chi connectivity index (χ3n) is 5.13. The highest BCUT2D eigenvalue weighted by Gasteiger charge is 2.41. The molecule has 10 nitrogen and oxygen atoms in total. The number of benzene rings is 1. The van der Waals surface area contributed by atoms with E-state index in [9.17, 15) is 22.4 Å². The molecule has 0 bridgehead atoms. The first kappa shape index (κ1) is 21.9. The molecule has 3 amide bonds. The molecule has 4 N–H and O–H groups in total. The average Bonchev–Trinajstić information content (AvgIpc) is 2.63. The molecule has 1 saturated heterocycles. The van der Waals surface area contributed by atoms with E-state index in [2.05, 4.69) is 27.3 Å². The van der Waals surface area contributed by atoms with E-state index in [-0.39, 0.29) is 23.8 Å². The van der Waals surface area contributed by atoms with Gasteiger partial charge in [-0.05, 0) is 38.5 Å². The normalized spacial score (nSPS) is 26.2. The first-order chi connectivity index (χ1) is 14.0. The molecule has 0 aromatic heterocycles. The molecule has 30 heavy (non-hydrogen) atoms. The van der Waals surface area contributed by atoms with Crippen LogP contribution >= 0.6 is 0 Å². The Bertz CT molecular complexity index is 1020. The monoisotopic (exact) mass is 438 g/mol. The number of nitriles is 1. The summed E-state index contributed by atoms with van der Waals surface area (Å²) in [5.41, 5.74) is 0.295. The lowest BCUT2D eigenvalue weighted by atomic mass is 9.98. The number of rotatable bonds is 4. The second kappa shape index (κ2) is 8.17. The molecule has 162 valence electrons. The summed E-state index contributed by atoms with van der Waals surface area (Å²) in [7, 11) is -4.54. The van der Waals surface area contributed by atoms with Crippen LogP contribution in [0.3, 0.4) is 0 Å². The van der Waals surface area contributed by atoms with Crippen molar-refractivity contribution in [1.29, 1.82) is 5.26 Å². The second-order valence-electron chi connectivity index (χ2n) is 7.49. The number of hydrogen-bond acceptors (Lipinski definition) is 7. The molecule has 0 aliphatic carbocycles. The summed E-state index contributed by atoms with van der Waals surface area (Å²) < 4.78 is 40.2. The van der Waals surface area contributed by atoms with E-state index in [1.54, 1.807) is 13.8 Å². The lowest BCUT2D eigenvalue weighted by molar-refractivity contribution is -0.121. The van der Waals surface area contributed by atoms with Crippen molar-refractivity contribution in [3.8, 4) is 6.07 Å². The number of piperazine rings is 1. The van der Waals surface area contributed by atoms with Gasteiger partial charge in [0, 0.05) is 24.7 Å². The van der Waals surface area contributed by atoms with Gasteiger partial charge in [-0.3, -0.25) is 10.1 Å². The Morgan fingerprint density at radius 3 is 2.80 bits per heavy atom. The van der Waals surface area contributed by atoms with Crippen LogP contribution in [0.2, 0.25) is 0 Å². The zero-order valence-corrected chi connectivity index (χ0v) is 17.5. The van der Waals surface area contributed by atoms with Gasteiger partial charge in [-0.2, -0.15) is 5.26 Å². The summed E-state index contributed by atoms with van der Waals surface area (Å²) in [4.78, 5) is 24.1. The van der Waals surface area contributed by atoms with Gasteiger partial charge in [0.25, 0.3) is 10.0 Å². The van der Waals surface area contributed by atoms with Crippen LogP contribution in [0, 0.1) is 24.1 Å². The van der Waals surface area contributed by atoms with Crippen LogP contribution in [-0.4, -0.2) is 61.9 Å². The van der Waals surface area contributed by atoms with E-state index in [1.807, 2.05) is 6.92 Å². The zero-order chi connectivity index (χ0) is 22.2. The quantitative estimate of drug-likeness (QED) is 0.519. The molecule has 3 unspecified atom stereocenters. The number of carbonyl (C=O) groups excluding carboxylic acids is 2. The van der Waals surface area contributed by atoms with E-state index in [1.165, 1.54) is 6.07 Å². The fraction of sp³-hybridized carbons (Fsp3) is 0.500. The van der Waals surface area contributed by atoms with Crippen molar-refractivity contribution in [2.45, 2.75) is 49.8 Å². The lowest BCUT2D eigenvalue weighted by Gasteiger charge is -2.38. The van der Waals surface area contributed by atoms with Gasteiger partial charge < -0.3 is 16.0 Å². The maximum Gasteiger partial charge on any atom is 0.336 e. The second-order valence-corrected chi connectivity index (χ2v) is 9.29. The number of aryl methyl sites for hydroxylation is 1. The molecule has 12 heteroatoms. The number of nitrogens with zero attached hydrogens (tertiary/aromatic N) is 2. The van der Waals surface area contributed by atoms with Crippen LogP contribution in [0.4, 0.5) is 14.9 Å². The number of nitrogens with one attached hydrogen (secondary N) is 4.